The van der Waals surface area contributed by atoms with Gasteiger partial charge in [0.15, 0.2) is 0 Å². The third kappa shape index (κ3) is 4.92. The second-order valence-electron chi connectivity index (χ2n) is 9.90. The standard InChI is InChI=1S/C24H38O3S.Na/c25-28(26,27)24(22-14-8-3-9-15-22)17-16-21(19-10-4-1-5-11-19)18-23(24)20-12-6-2-7-13-20;/h16-20,22-23H,1-15H2,(H,25,26,27);/q;+1/p-1. The summed E-state index contributed by atoms with van der Waals surface area (Å²) in [7, 11) is -4.42. The molecule has 0 spiro atoms. The molecule has 0 N–H and O–H groups in total. The van der Waals surface area contributed by atoms with E-state index in [1.165, 1.54) is 63.4 Å². The first-order valence-corrected chi connectivity index (χ1v) is 13.3. The maximum atomic E-state index is 12.9. The molecule has 0 radical (unpaired) electrons. The van der Waals surface area contributed by atoms with Crippen LogP contribution in [0.2, 0.25) is 0 Å². The third-order valence-corrected chi connectivity index (χ3v) is 9.95. The molecule has 2 unspecified atom stereocenters. The number of rotatable bonds is 4. The van der Waals surface area contributed by atoms with Crippen molar-refractivity contribution in [3.63, 3.8) is 0 Å². The van der Waals surface area contributed by atoms with Crippen molar-refractivity contribution in [3.05, 3.63) is 23.8 Å². The summed E-state index contributed by atoms with van der Waals surface area (Å²) in [5, 5.41) is 0. The van der Waals surface area contributed by atoms with Crippen LogP contribution in [0.15, 0.2) is 23.8 Å². The largest absolute Gasteiger partial charge is 1.00 e. The molecule has 0 heterocycles. The molecule has 0 aromatic carbocycles. The average molecular weight is 429 g/mol. The molecule has 3 saturated carbocycles. The Labute approximate surface area is 200 Å². The van der Waals surface area contributed by atoms with Crippen LogP contribution in [0.5, 0.6) is 0 Å². The number of hydrogen-bond acceptors (Lipinski definition) is 3. The van der Waals surface area contributed by atoms with Gasteiger partial charge < -0.3 is 4.55 Å². The average Bonchev–Trinajstić information content (AvgIpc) is 2.74. The van der Waals surface area contributed by atoms with Crippen LogP contribution in [0, 0.1) is 23.7 Å². The molecule has 29 heavy (non-hydrogen) atoms. The molecule has 158 valence electrons. The summed E-state index contributed by atoms with van der Waals surface area (Å²) in [5.41, 5.74) is 1.34. The van der Waals surface area contributed by atoms with Crippen molar-refractivity contribution < 1.29 is 42.5 Å². The van der Waals surface area contributed by atoms with Gasteiger partial charge >= 0.3 is 29.6 Å². The Morgan fingerprint density at radius 2 is 1.31 bits per heavy atom. The SMILES string of the molecule is O=S(=O)([O-])C1(C2CCCCC2)C=CC(C2CCCCC2)=CC1C1CCCCC1.[Na+]. The molecule has 0 aromatic rings. The van der Waals surface area contributed by atoms with E-state index in [9.17, 15) is 13.0 Å². The molecule has 2 atom stereocenters. The molecule has 4 aliphatic rings. The van der Waals surface area contributed by atoms with Gasteiger partial charge in [0.1, 0.15) is 10.1 Å². The van der Waals surface area contributed by atoms with Gasteiger partial charge in [0.2, 0.25) is 0 Å². The predicted octanol–water partition coefficient (Wildman–Crippen LogP) is 3.13. The topological polar surface area (TPSA) is 57.2 Å². The summed E-state index contributed by atoms with van der Waals surface area (Å²) in [6.45, 7) is 0. The predicted molar refractivity (Wildman–Crippen MR) is 113 cm³/mol. The van der Waals surface area contributed by atoms with E-state index in [4.69, 9.17) is 0 Å². The van der Waals surface area contributed by atoms with Crippen molar-refractivity contribution in [2.45, 2.75) is 101 Å². The minimum absolute atomic E-state index is 0. The Balaban J connectivity index is 0.00000240. The molecular weight excluding hydrogens is 391 g/mol. The first-order chi connectivity index (χ1) is 13.5. The molecule has 3 fully saturated rings. The van der Waals surface area contributed by atoms with Gasteiger partial charge in [-0.05, 0) is 61.9 Å². The maximum Gasteiger partial charge on any atom is 1.00 e. The van der Waals surface area contributed by atoms with Gasteiger partial charge in [-0.2, -0.15) is 0 Å². The van der Waals surface area contributed by atoms with E-state index < -0.39 is 14.9 Å². The molecule has 3 nitrogen and oxygen atoms in total. The van der Waals surface area contributed by atoms with Crippen molar-refractivity contribution in [2.75, 3.05) is 0 Å². The first-order valence-electron chi connectivity index (χ1n) is 11.9. The molecule has 4 rings (SSSR count). The molecule has 0 amide bonds. The van der Waals surface area contributed by atoms with Gasteiger partial charge in [-0.25, -0.2) is 8.42 Å². The van der Waals surface area contributed by atoms with Gasteiger partial charge in [0.25, 0.3) is 0 Å². The monoisotopic (exact) mass is 428 g/mol. The van der Waals surface area contributed by atoms with Crippen LogP contribution in [0.3, 0.4) is 0 Å². The fourth-order valence-electron chi connectivity index (χ4n) is 6.85. The second kappa shape index (κ2) is 10.3. The van der Waals surface area contributed by atoms with E-state index >= 15 is 0 Å². The van der Waals surface area contributed by atoms with E-state index in [0.717, 1.165) is 38.5 Å². The smallest absolute Gasteiger partial charge is 0.747 e. The molecular formula is C24H37NaO3S. The zero-order valence-corrected chi connectivity index (χ0v) is 21.1. The molecule has 0 saturated heterocycles. The Morgan fingerprint density at radius 3 is 1.86 bits per heavy atom. The summed E-state index contributed by atoms with van der Waals surface area (Å²) in [5.74, 6) is 0.800. The number of allylic oxidation sites excluding steroid dienone is 3. The van der Waals surface area contributed by atoms with Gasteiger partial charge in [0, 0.05) is 5.92 Å². The fraction of sp³-hybridized carbons (Fsp3) is 0.833. The van der Waals surface area contributed by atoms with Gasteiger partial charge in [-0.15, -0.1) is 0 Å². The second-order valence-corrected chi connectivity index (χ2v) is 11.5. The van der Waals surface area contributed by atoms with Crippen LogP contribution < -0.4 is 29.6 Å². The van der Waals surface area contributed by atoms with Crippen molar-refractivity contribution in [1.82, 2.24) is 0 Å². The summed E-state index contributed by atoms with van der Waals surface area (Å²) in [4.78, 5) is 0. The van der Waals surface area contributed by atoms with E-state index in [2.05, 4.69) is 12.2 Å². The van der Waals surface area contributed by atoms with Crippen LogP contribution in [0.25, 0.3) is 0 Å². The minimum Gasteiger partial charge on any atom is -0.747 e. The quantitative estimate of drug-likeness (QED) is 0.511. The van der Waals surface area contributed by atoms with Crippen molar-refractivity contribution in [2.24, 2.45) is 23.7 Å². The van der Waals surface area contributed by atoms with Crippen LogP contribution in [-0.4, -0.2) is 17.7 Å². The molecule has 5 heteroatoms. The van der Waals surface area contributed by atoms with Gasteiger partial charge in [0.05, 0.1) is 4.75 Å². The fourth-order valence-corrected chi connectivity index (χ4v) is 8.33. The first kappa shape index (κ1) is 24.0. The molecule has 0 aromatic heterocycles. The zero-order valence-electron chi connectivity index (χ0n) is 18.3. The van der Waals surface area contributed by atoms with Crippen LogP contribution in [-0.2, 0) is 10.1 Å². The van der Waals surface area contributed by atoms with Crippen molar-refractivity contribution >= 4 is 10.1 Å². The minimum atomic E-state index is -4.42. The van der Waals surface area contributed by atoms with Crippen LogP contribution >= 0.6 is 0 Å². The van der Waals surface area contributed by atoms with Crippen molar-refractivity contribution in [3.8, 4) is 0 Å². The van der Waals surface area contributed by atoms with E-state index in [0.29, 0.717) is 11.8 Å². The Kier molecular flexibility index (Phi) is 8.57. The van der Waals surface area contributed by atoms with E-state index in [1.807, 2.05) is 6.08 Å². The Hall–Kier alpha value is 0.390. The molecule has 0 aliphatic heterocycles. The van der Waals surface area contributed by atoms with E-state index in [-0.39, 0.29) is 41.4 Å². The third-order valence-electron chi connectivity index (χ3n) is 8.34. The van der Waals surface area contributed by atoms with E-state index in [1.54, 1.807) is 0 Å². The summed E-state index contributed by atoms with van der Waals surface area (Å²) in [6.07, 6.45) is 23.4. The molecule has 4 aliphatic carbocycles. The van der Waals surface area contributed by atoms with Crippen LogP contribution in [0.1, 0.15) is 96.3 Å². The van der Waals surface area contributed by atoms with Gasteiger partial charge in [-0.1, -0.05) is 76.0 Å². The van der Waals surface area contributed by atoms with Gasteiger partial charge in [-0.3, -0.25) is 0 Å². The zero-order chi connectivity index (χ0) is 19.6. The summed E-state index contributed by atoms with van der Waals surface area (Å²) in [6, 6.07) is 0. The Morgan fingerprint density at radius 1 is 0.793 bits per heavy atom. The maximum absolute atomic E-state index is 12.9. The Bertz CT molecular complexity index is 696. The number of hydrogen-bond donors (Lipinski definition) is 0. The van der Waals surface area contributed by atoms with Crippen LogP contribution in [0.4, 0.5) is 0 Å². The van der Waals surface area contributed by atoms with Crippen molar-refractivity contribution in [1.29, 1.82) is 0 Å². The summed E-state index contributed by atoms with van der Waals surface area (Å²) < 4.78 is 37.5. The molecule has 0 bridgehead atoms. The summed E-state index contributed by atoms with van der Waals surface area (Å²) >= 11 is 0. The normalized spacial score (nSPS) is 33.1.